The molecule has 3 rings (SSSR count). The Morgan fingerprint density at radius 1 is 1.26 bits per heavy atom. The molecule has 1 fully saturated rings. The van der Waals surface area contributed by atoms with Crippen molar-refractivity contribution in [2.75, 3.05) is 26.2 Å². The van der Waals surface area contributed by atoms with Crippen molar-refractivity contribution in [3.05, 3.63) is 53.1 Å². The molecule has 1 saturated heterocycles. The number of amides is 1. The Bertz CT molecular complexity index is 660. The van der Waals surface area contributed by atoms with Gasteiger partial charge in [-0.25, -0.2) is 4.98 Å². The maximum atomic E-state index is 12.9. The predicted molar refractivity (Wildman–Crippen MR) is 90.4 cm³/mol. The van der Waals surface area contributed by atoms with Gasteiger partial charge in [0.1, 0.15) is 5.82 Å². The summed E-state index contributed by atoms with van der Waals surface area (Å²) in [6, 6.07) is 6.18. The zero-order valence-electron chi connectivity index (χ0n) is 14.0. The third-order valence-electron chi connectivity index (χ3n) is 4.49. The number of rotatable bonds is 3. The molecule has 5 heteroatoms. The van der Waals surface area contributed by atoms with Crippen LogP contribution >= 0.6 is 0 Å². The first-order valence-corrected chi connectivity index (χ1v) is 8.19. The molecule has 0 spiro atoms. The highest BCUT2D eigenvalue weighted by Gasteiger charge is 2.31. The molecular formula is C18H24N4O. The number of aryl methyl sites for hydroxylation is 2. The van der Waals surface area contributed by atoms with E-state index < -0.39 is 0 Å². The average Bonchev–Trinajstić information content (AvgIpc) is 3.07. The molecule has 0 saturated carbocycles. The van der Waals surface area contributed by atoms with Gasteiger partial charge in [0.05, 0.1) is 6.04 Å². The van der Waals surface area contributed by atoms with Crippen LogP contribution in [0.1, 0.15) is 40.3 Å². The summed E-state index contributed by atoms with van der Waals surface area (Å²) in [6.45, 7) is 9.48. The molecule has 1 atom stereocenters. The molecule has 23 heavy (non-hydrogen) atoms. The number of nitrogens with one attached hydrogen (secondary N) is 1. The molecular weight excluding hydrogens is 288 g/mol. The molecule has 1 aliphatic heterocycles. The maximum absolute atomic E-state index is 12.9. The zero-order valence-corrected chi connectivity index (χ0v) is 14.0. The van der Waals surface area contributed by atoms with Gasteiger partial charge in [-0.1, -0.05) is 24.1 Å². The van der Waals surface area contributed by atoms with Gasteiger partial charge in [0, 0.05) is 37.6 Å². The number of piperazine rings is 1. The molecule has 1 aromatic heterocycles. The molecule has 0 bridgehead atoms. The molecule has 2 heterocycles. The highest BCUT2D eigenvalue weighted by atomic mass is 16.2. The minimum absolute atomic E-state index is 0.115. The largest absolute Gasteiger partial charge is 0.347 e. The van der Waals surface area contributed by atoms with Gasteiger partial charge >= 0.3 is 0 Å². The first kappa shape index (κ1) is 15.7. The summed E-state index contributed by atoms with van der Waals surface area (Å²) >= 11 is 0. The summed E-state index contributed by atoms with van der Waals surface area (Å²) in [5.41, 5.74) is 3.04. The van der Waals surface area contributed by atoms with Crippen LogP contribution in [0.3, 0.4) is 0 Å². The molecule has 1 amide bonds. The standard InChI is InChI=1S/C18H24N4O/c1-4-21-7-8-22(12-16(21)17-19-5-6-20-17)18(23)15-10-13(2)9-14(3)11-15/h5-6,9-11,16H,4,7-8,12H2,1-3H3,(H,19,20)/t16-/m1/s1. The van der Waals surface area contributed by atoms with E-state index >= 15 is 0 Å². The molecule has 1 N–H and O–H groups in total. The van der Waals surface area contributed by atoms with Crippen LogP contribution in [-0.4, -0.2) is 51.9 Å². The van der Waals surface area contributed by atoms with Gasteiger partial charge in [-0.05, 0) is 32.5 Å². The summed E-state index contributed by atoms with van der Waals surface area (Å²) in [7, 11) is 0. The molecule has 122 valence electrons. The first-order chi connectivity index (χ1) is 11.1. The van der Waals surface area contributed by atoms with Crippen LogP contribution in [0, 0.1) is 13.8 Å². The van der Waals surface area contributed by atoms with E-state index in [1.807, 2.05) is 37.1 Å². The van der Waals surface area contributed by atoms with Crippen molar-refractivity contribution in [1.82, 2.24) is 19.8 Å². The van der Waals surface area contributed by atoms with Gasteiger partial charge in [-0.3, -0.25) is 9.69 Å². The van der Waals surface area contributed by atoms with Gasteiger partial charge in [0.2, 0.25) is 0 Å². The Morgan fingerprint density at radius 3 is 2.61 bits per heavy atom. The third-order valence-corrected chi connectivity index (χ3v) is 4.49. The van der Waals surface area contributed by atoms with E-state index in [0.29, 0.717) is 6.54 Å². The lowest BCUT2D eigenvalue weighted by Crippen LogP contribution is -2.50. The van der Waals surface area contributed by atoms with E-state index in [1.54, 1.807) is 6.20 Å². The second kappa shape index (κ2) is 6.54. The number of hydrogen-bond donors (Lipinski definition) is 1. The fourth-order valence-corrected chi connectivity index (χ4v) is 3.38. The Morgan fingerprint density at radius 2 is 2.00 bits per heavy atom. The van der Waals surface area contributed by atoms with E-state index in [1.165, 1.54) is 0 Å². The monoisotopic (exact) mass is 312 g/mol. The minimum Gasteiger partial charge on any atom is -0.347 e. The Balaban J connectivity index is 1.82. The lowest BCUT2D eigenvalue weighted by Gasteiger charge is -2.40. The van der Waals surface area contributed by atoms with Crippen molar-refractivity contribution >= 4 is 5.91 Å². The number of imidazole rings is 1. The van der Waals surface area contributed by atoms with Crippen LogP contribution in [0.2, 0.25) is 0 Å². The Kier molecular flexibility index (Phi) is 4.48. The first-order valence-electron chi connectivity index (χ1n) is 8.19. The lowest BCUT2D eigenvalue weighted by molar-refractivity contribution is 0.0479. The molecule has 1 aliphatic rings. The number of benzene rings is 1. The van der Waals surface area contributed by atoms with Crippen molar-refractivity contribution in [3.8, 4) is 0 Å². The van der Waals surface area contributed by atoms with E-state index in [-0.39, 0.29) is 11.9 Å². The van der Waals surface area contributed by atoms with Crippen LogP contribution in [0.4, 0.5) is 0 Å². The number of H-pyrrole nitrogens is 1. The fraction of sp³-hybridized carbons (Fsp3) is 0.444. The van der Waals surface area contributed by atoms with Gasteiger partial charge in [0.25, 0.3) is 5.91 Å². The molecule has 0 unspecified atom stereocenters. The van der Waals surface area contributed by atoms with Crippen LogP contribution in [0.25, 0.3) is 0 Å². The second-order valence-electron chi connectivity index (χ2n) is 6.25. The number of aromatic amines is 1. The summed E-state index contributed by atoms with van der Waals surface area (Å²) in [5, 5.41) is 0. The predicted octanol–water partition coefficient (Wildman–Crippen LogP) is 2.55. The summed E-state index contributed by atoms with van der Waals surface area (Å²) in [6.07, 6.45) is 3.61. The van der Waals surface area contributed by atoms with Crippen LogP contribution < -0.4 is 0 Å². The number of aromatic nitrogens is 2. The Hall–Kier alpha value is -2.14. The number of likely N-dealkylation sites (N-methyl/N-ethyl adjacent to an activating group) is 1. The van der Waals surface area contributed by atoms with Gasteiger partial charge in [-0.15, -0.1) is 0 Å². The number of carbonyl (C=O) groups is 1. The normalized spacial score (nSPS) is 19.1. The van der Waals surface area contributed by atoms with Crippen molar-refractivity contribution in [2.24, 2.45) is 0 Å². The average molecular weight is 312 g/mol. The molecule has 2 aromatic rings. The van der Waals surface area contributed by atoms with E-state index in [9.17, 15) is 4.79 Å². The fourth-order valence-electron chi connectivity index (χ4n) is 3.38. The minimum atomic E-state index is 0.115. The van der Waals surface area contributed by atoms with Crippen molar-refractivity contribution < 1.29 is 4.79 Å². The highest BCUT2D eigenvalue weighted by molar-refractivity contribution is 5.94. The SMILES string of the molecule is CCN1CCN(C(=O)c2cc(C)cc(C)c2)C[C@@H]1c1ncc[nH]1. The highest BCUT2D eigenvalue weighted by Crippen LogP contribution is 2.24. The van der Waals surface area contributed by atoms with Crippen molar-refractivity contribution in [1.29, 1.82) is 0 Å². The summed E-state index contributed by atoms with van der Waals surface area (Å²) in [4.78, 5) is 24.8. The van der Waals surface area contributed by atoms with E-state index in [2.05, 4.69) is 27.9 Å². The number of carbonyl (C=O) groups excluding carboxylic acids is 1. The van der Waals surface area contributed by atoms with Gasteiger partial charge in [0.15, 0.2) is 0 Å². The quantitative estimate of drug-likeness (QED) is 0.947. The summed E-state index contributed by atoms with van der Waals surface area (Å²) in [5.74, 6) is 1.05. The third kappa shape index (κ3) is 3.29. The molecule has 0 aliphatic carbocycles. The topological polar surface area (TPSA) is 52.2 Å². The van der Waals surface area contributed by atoms with Crippen LogP contribution in [0.5, 0.6) is 0 Å². The lowest BCUT2D eigenvalue weighted by atomic mass is 10.0. The maximum Gasteiger partial charge on any atom is 0.253 e. The molecule has 5 nitrogen and oxygen atoms in total. The molecule has 0 radical (unpaired) electrons. The molecule has 1 aromatic carbocycles. The smallest absolute Gasteiger partial charge is 0.253 e. The number of hydrogen-bond acceptors (Lipinski definition) is 3. The van der Waals surface area contributed by atoms with Gasteiger partial charge < -0.3 is 9.88 Å². The summed E-state index contributed by atoms with van der Waals surface area (Å²) < 4.78 is 0. The number of nitrogens with zero attached hydrogens (tertiary/aromatic N) is 3. The van der Waals surface area contributed by atoms with E-state index in [4.69, 9.17) is 0 Å². The van der Waals surface area contributed by atoms with Crippen LogP contribution in [-0.2, 0) is 0 Å². The van der Waals surface area contributed by atoms with Crippen molar-refractivity contribution in [3.63, 3.8) is 0 Å². The van der Waals surface area contributed by atoms with Crippen LogP contribution in [0.15, 0.2) is 30.6 Å². The van der Waals surface area contributed by atoms with Gasteiger partial charge in [-0.2, -0.15) is 0 Å². The van der Waals surface area contributed by atoms with E-state index in [0.717, 1.165) is 42.1 Å². The Labute approximate surface area is 137 Å². The second-order valence-corrected chi connectivity index (χ2v) is 6.25. The zero-order chi connectivity index (χ0) is 16.4. The van der Waals surface area contributed by atoms with Crippen molar-refractivity contribution in [2.45, 2.75) is 26.8 Å².